The van der Waals surface area contributed by atoms with E-state index in [1.807, 2.05) is 5.32 Å². The Labute approximate surface area is 229 Å². The molecule has 1 saturated heterocycles. The predicted octanol–water partition coefficient (Wildman–Crippen LogP) is 4.13. The molecule has 3 amide bonds. The number of hydrogen-bond acceptors (Lipinski definition) is 7. The molecule has 0 bridgehead atoms. The number of carbonyl (C=O) groups excluding carboxylic acids is 2. The average molecular weight is 583 g/mol. The molecule has 1 aliphatic heterocycles. The van der Waals surface area contributed by atoms with Crippen LogP contribution in [-0.4, -0.2) is 65.9 Å². The fourth-order valence-corrected chi connectivity index (χ4v) is 5.50. The molecule has 11 nitrogen and oxygen atoms in total. The third-order valence-electron chi connectivity index (χ3n) is 8.10. The van der Waals surface area contributed by atoms with Crippen molar-refractivity contribution in [3.05, 3.63) is 41.1 Å². The molecule has 0 aromatic carbocycles. The second kappa shape index (κ2) is 9.62. The van der Waals surface area contributed by atoms with Crippen molar-refractivity contribution in [3.8, 4) is 0 Å². The number of amides is 3. The highest BCUT2D eigenvalue weighted by atomic mass is 19.4. The fraction of sp³-hybridized carbons (Fsp3) is 0.600. The first kappa shape index (κ1) is 27.3. The maximum atomic E-state index is 14.0. The highest BCUT2D eigenvalue weighted by Gasteiger charge is 2.57. The summed E-state index contributed by atoms with van der Waals surface area (Å²) in [6, 6.07) is -0.0175. The molecule has 2 atom stereocenters. The predicted molar refractivity (Wildman–Crippen MR) is 130 cm³/mol. The molecule has 3 aromatic heterocycles. The summed E-state index contributed by atoms with van der Waals surface area (Å²) in [6.45, 7) is 0.218. The minimum Gasteiger partial charge on any atom is -0.342 e. The van der Waals surface area contributed by atoms with Gasteiger partial charge in [-0.05, 0) is 55.3 Å². The van der Waals surface area contributed by atoms with Crippen molar-refractivity contribution < 1.29 is 36.2 Å². The molecule has 41 heavy (non-hydrogen) atoms. The Hall–Kier alpha value is -3.85. The van der Waals surface area contributed by atoms with E-state index in [1.54, 1.807) is 12.3 Å². The van der Waals surface area contributed by atoms with Gasteiger partial charge in [0.05, 0.1) is 30.7 Å². The maximum Gasteiger partial charge on any atom is 0.413 e. The summed E-state index contributed by atoms with van der Waals surface area (Å²) < 4.78 is 74.4. The Morgan fingerprint density at radius 2 is 1.95 bits per heavy atom. The van der Waals surface area contributed by atoms with Crippen molar-refractivity contribution in [2.45, 2.75) is 81.6 Å². The summed E-state index contributed by atoms with van der Waals surface area (Å²) in [7, 11) is 0. The van der Waals surface area contributed by atoms with E-state index in [4.69, 9.17) is 4.63 Å². The van der Waals surface area contributed by atoms with Gasteiger partial charge >= 0.3 is 12.2 Å². The number of imidazole rings is 1. The number of aromatic nitrogens is 5. The van der Waals surface area contributed by atoms with Crippen LogP contribution in [0.5, 0.6) is 0 Å². The van der Waals surface area contributed by atoms with Crippen molar-refractivity contribution >= 4 is 17.6 Å². The summed E-state index contributed by atoms with van der Waals surface area (Å²) >= 11 is 0. The fourth-order valence-electron chi connectivity index (χ4n) is 5.50. The smallest absolute Gasteiger partial charge is 0.342 e. The van der Waals surface area contributed by atoms with Gasteiger partial charge in [0.25, 0.3) is 5.91 Å². The normalized spacial score (nSPS) is 24.0. The summed E-state index contributed by atoms with van der Waals surface area (Å²) in [5.41, 5.74) is -0.716. The summed E-state index contributed by atoms with van der Waals surface area (Å²) in [6.07, 6.45) is -0.259. The molecule has 16 heteroatoms. The molecule has 3 fully saturated rings. The van der Waals surface area contributed by atoms with E-state index in [0.29, 0.717) is 22.6 Å². The Morgan fingerprint density at radius 3 is 2.61 bits per heavy atom. The van der Waals surface area contributed by atoms with Crippen LogP contribution in [0.3, 0.4) is 0 Å². The second-order valence-corrected chi connectivity index (χ2v) is 11.4. The number of nitrogens with one attached hydrogen (secondary N) is 2. The minimum absolute atomic E-state index is 0.0533. The summed E-state index contributed by atoms with van der Waals surface area (Å²) in [5.74, 6) is -3.58. The van der Waals surface area contributed by atoms with Crippen LogP contribution in [0.4, 0.5) is 26.7 Å². The van der Waals surface area contributed by atoms with Gasteiger partial charge in [0.15, 0.2) is 16.9 Å². The van der Waals surface area contributed by atoms with Gasteiger partial charge in [0.1, 0.15) is 5.69 Å². The lowest BCUT2D eigenvalue weighted by Crippen LogP contribution is -2.53. The zero-order chi connectivity index (χ0) is 29.2. The molecule has 3 aromatic rings. The first-order valence-electron chi connectivity index (χ1n) is 13.3. The average Bonchev–Trinajstić information content (AvgIpc) is 3.33. The molecule has 2 unspecified atom stereocenters. The van der Waals surface area contributed by atoms with Crippen LogP contribution in [-0.2, 0) is 6.54 Å². The summed E-state index contributed by atoms with van der Waals surface area (Å²) in [4.78, 5) is 31.1. The zero-order valence-corrected chi connectivity index (χ0v) is 21.9. The molecule has 2 N–H and O–H groups in total. The topological polar surface area (TPSA) is 131 Å². The van der Waals surface area contributed by atoms with Crippen LogP contribution in [0.15, 0.2) is 23.1 Å². The molecule has 2 saturated carbocycles. The van der Waals surface area contributed by atoms with E-state index in [-0.39, 0.29) is 49.8 Å². The lowest BCUT2D eigenvalue weighted by atomic mass is 9.81. The number of nitrogens with zero attached hydrogens (tertiary/aromatic N) is 6. The molecule has 0 spiro atoms. The Morgan fingerprint density at radius 1 is 1.22 bits per heavy atom. The van der Waals surface area contributed by atoms with E-state index < -0.39 is 42.2 Å². The van der Waals surface area contributed by atoms with Gasteiger partial charge in [-0.25, -0.2) is 27.7 Å². The van der Waals surface area contributed by atoms with E-state index in [2.05, 4.69) is 25.7 Å². The molecule has 3 aliphatic rings. The van der Waals surface area contributed by atoms with Crippen molar-refractivity contribution in [1.82, 2.24) is 40.4 Å². The van der Waals surface area contributed by atoms with Crippen molar-refractivity contribution in [2.75, 3.05) is 6.54 Å². The van der Waals surface area contributed by atoms with Gasteiger partial charge in [0.2, 0.25) is 5.92 Å². The number of fused-ring (bicyclic) bond motifs is 1. The van der Waals surface area contributed by atoms with E-state index >= 15 is 0 Å². The number of alkyl halides is 5. The Bertz CT molecular complexity index is 1480. The SMILES string of the molecule is CC1(C(F)(F)F)CN(Cc2cnn3cc(C(NC(=O)c4nonc4C4CC4)C4CCC(F)(F)CC4)nc3c2)C(=O)N1. The molecule has 0 radical (unpaired) electrons. The Kier molecular flexibility index (Phi) is 6.41. The van der Waals surface area contributed by atoms with Crippen LogP contribution in [0, 0.1) is 5.92 Å². The zero-order valence-electron chi connectivity index (χ0n) is 21.9. The number of urea groups is 1. The van der Waals surface area contributed by atoms with E-state index in [1.165, 1.54) is 10.7 Å². The molecule has 4 heterocycles. The molecular weight excluding hydrogens is 555 g/mol. The molecular formula is C25H27F5N8O3. The van der Waals surface area contributed by atoms with Crippen LogP contribution >= 0.6 is 0 Å². The molecule has 6 rings (SSSR count). The van der Waals surface area contributed by atoms with Gasteiger partial charge in [-0.1, -0.05) is 5.16 Å². The van der Waals surface area contributed by atoms with E-state index in [9.17, 15) is 31.5 Å². The number of carbonyl (C=O) groups is 2. The van der Waals surface area contributed by atoms with Crippen molar-refractivity contribution in [3.63, 3.8) is 0 Å². The lowest BCUT2D eigenvalue weighted by molar-refractivity contribution is -0.183. The number of rotatable bonds is 7. The number of halogens is 5. The van der Waals surface area contributed by atoms with Crippen molar-refractivity contribution in [1.29, 1.82) is 0 Å². The van der Waals surface area contributed by atoms with Gasteiger partial charge in [0, 0.05) is 25.3 Å². The van der Waals surface area contributed by atoms with Gasteiger partial charge < -0.3 is 15.5 Å². The van der Waals surface area contributed by atoms with Gasteiger partial charge in [-0.2, -0.15) is 18.3 Å². The van der Waals surface area contributed by atoms with Gasteiger partial charge in [-0.15, -0.1) is 0 Å². The molecule has 220 valence electrons. The van der Waals surface area contributed by atoms with Crippen LogP contribution in [0.1, 0.15) is 84.8 Å². The highest BCUT2D eigenvalue weighted by Crippen LogP contribution is 2.43. The van der Waals surface area contributed by atoms with Crippen LogP contribution < -0.4 is 10.6 Å². The molecule has 2 aliphatic carbocycles. The number of hydrogen-bond donors (Lipinski definition) is 2. The second-order valence-electron chi connectivity index (χ2n) is 11.4. The monoisotopic (exact) mass is 582 g/mol. The maximum absolute atomic E-state index is 14.0. The standard InChI is InChI=1S/C25H27F5N8O3/c1-23(25(28,29)30)12-37(22(40)34-23)10-13-8-17-32-16(11-38(17)31-9-13)18(15-4-6-24(26,27)7-5-15)33-21(39)20-19(14-2-3-14)35-41-36-20/h8-9,11,14-15,18H,2-7,10,12H2,1H3,(H,33,39)(H,34,40). The third-order valence-corrected chi connectivity index (χ3v) is 8.10. The minimum atomic E-state index is -4.62. The third kappa shape index (κ3) is 5.30. The van der Waals surface area contributed by atoms with Crippen molar-refractivity contribution in [2.24, 2.45) is 5.92 Å². The van der Waals surface area contributed by atoms with Gasteiger partial charge in [-0.3, -0.25) is 4.79 Å². The highest BCUT2D eigenvalue weighted by molar-refractivity contribution is 5.93. The largest absolute Gasteiger partial charge is 0.413 e. The van der Waals surface area contributed by atoms with Crippen LogP contribution in [0.25, 0.3) is 5.65 Å². The lowest BCUT2D eigenvalue weighted by Gasteiger charge is -2.33. The first-order chi connectivity index (χ1) is 19.3. The van der Waals surface area contributed by atoms with Crippen LogP contribution in [0.2, 0.25) is 0 Å². The van der Waals surface area contributed by atoms with E-state index in [0.717, 1.165) is 24.7 Å². The first-order valence-corrected chi connectivity index (χ1v) is 13.3. The Balaban J connectivity index is 1.25. The quantitative estimate of drug-likeness (QED) is 0.401. The summed E-state index contributed by atoms with van der Waals surface area (Å²) in [5, 5.41) is 16.8.